The van der Waals surface area contributed by atoms with Gasteiger partial charge in [0.05, 0.1) is 0 Å². The van der Waals surface area contributed by atoms with E-state index in [1.807, 2.05) is 50.2 Å². The molecule has 2 aromatic carbocycles. The van der Waals surface area contributed by atoms with Gasteiger partial charge in [0.25, 0.3) is 0 Å². The highest BCUT2D eigenvalue weighted by atomic mass is 16.1. The molecule has 0 aromatic heterocycles. The van der Waals surface area contributed by atoms with Gasteiger partial charge in [0.15, 0.2) is 0 Å². The number of benzene rings is 2. The Kier molecular flexibility index (Phi) is 5.52. The van der Waals surface area contributed by atoms with Gasteiger partial charge in [-0.05, 0) is 26.0 Å². The number of aldehydes is 2. The van der Waals surface area contributed by atoms with Gasteiger partial charge in [-0.3, -0.25) is 9.59 Å². The summed E-state index contributed by atoms with van der Waals surface area (Å²) < 4.78 is 0. The van der Waals surface area contributed by atoms with Gasteiger partial charge in [0.1, 0.15) is 12.6 Å². The lowest BCUT2D eigenvalue weighted by Gasteiger charge is -1.89. The predicted octanol–water partition coefficient (Wildman–Crippen LogP) is 3.62. The Bertz CT molecular complexity index is 481. The maximum atomic E-state index is 10.2. The smallest absolute Gasteiger partial charge is 0.150 e. The van der Waals surface area contributed by atoms with Crippen LogP contribution in [-0.2, 0) is 0 Å². The van der Waals surface area contributed by atoms with E-state index in [1.165, 1.54) is 0 Å². The zero-order valence-electron chi connectivity index (χ0n) is 10.6. The van der Waals surface area contributed by atoms with Gasteiger partial charge in [0.2, 0.25) is 0 Å². The van der Waals surface area contributed by atoms with Crippen LogP contribution in [0, 0.1) is 13.8 Å². The number of rotatable bonds is 2. The minimum Gasteiger partial charge on any atom is -0.298 e. The van der Waals surface area contributed by atoms with Crippen LogP contribution < -0.4 is 0 Å². The maximum absolute atomic E-state index is 10.2. The summed E-state index contributed by atoms with van der Waals surface area (Å²) in [4.78, 5) is 20.3. The molecule has 0 heterocycles. The Morgan fingerprint density at radius 1 is 0.722 bits per heavy atom. The number of carbonyl (C=O) groups is 2. The van der Waals surface area contributed by atoms with E-state index in [0.717, 1.165) is 34.8 Å². The molecular weight excluding hydrogens is 224 g/mol. The van der Waals surface area contributed by atoms with E-state index in [-0.39, 0.29) is 0 Å². The molecule has 0 aliphatic rings. The van der Waals surface area contributed by atoms with Gasteiger partial charge >= 0.3 is 0 Å². The molecule has 0 bridgehead atoms. The SMILES string of the molecule is Cc1cccc(C=O)c1.Cc1cccc(C=O)c1. The average molecular weight is 240 g/mol. The monoisotopic (exact) mass is 240 g/mol. The molecule has 0 fully saturated rings. The number of aryl methyl sites for hydroxylation is 2. The molecule has 0 spiro atoms. The summed E-state index contributed by atoms with van der Waals surface area (Å²) in [6.45, 7) is 3.93. The number of hydrogen-bond acceptors (Lipinski definition) is 2. The fourth-order valence-corrected chi connectivity index (χ4v) is 1.49. The van der Waals surface area contributed by atoms with E-state index < -0.39 is 0 Å². The van der Waals surface area contributed by atoms with E-state index in [9.17, 15) is 9.59 Å². The second kappa shape index (κ2) is 7.17. The van der Waals surface area contributed by atoms with Crippen molar-refractivity contribution in [3.8, 4) is 0 Å². The lowest BCUT2D eigenvalue weighted by molar-refractivity contribution is 0.111. The third-order valence-electron chi connectivity index (χ3n) is 2.36. The van der Waals surface area contributed by atoms with Crippen LogP contribution in [0.3, 0.4) is 0 Å². The Morgan fingerprint density at radius 2 is 1.11 bits per heavy atom. The van der Waals surface area contributed by atoms with E-state index in [2.05, 4.69) is 0 Å². The van der Waals surface area contributed by atoms with Crippen LogP contribution in [0.25, 0.3) is 0 Å². The summed E-state index contributed by atoms with van der Waals surface area (Å²) in [5.74, 6) is 0. The number of hydrogen-bond donors (Lipinski definition) is 0. The van der Waals surface area contributed by atoms with Crippen molar-refractivity contribution in [1.29, 1.82) is 0 Å². The topological polar surface area (TPSA) is 34.1 Å². The molecule has 0 radical (unpaired) electrons. The Morgan fingerprint density at radius 3 is 1.33 bits per heavy atom. The summed E-state index contributed by atoms with van der Waals surface area (Å²) in [5.41, 5.74) is 3.74. The van der Waals surface area contributed by atoms with Gasteiger partial charge in [-0.25, -0.2) is 0 Å². The molecule has 2 heteroatoms. The third kappa shape index (κ3) is 4.74. The minimum absolute atomic E-state index is 0.745. The molecule has 0 saturated carbocycles. The van der Waals surface area contributed by atoms with Gasteiger partial charge < -0.3 is 0 Å². The molecule has 2 aromatic rings. The molecule has 18 heavy (non-hydrogen) atoms. The lowest BCUT2D eigenvalue weighted by Crippen LogP contribution is -1.78. The van der Waals surface area contributed by atoms with Crippen molar-refractivity contribution >= 4 is 12.6 Å². The molecule has 0 amide bonds. The summed E-state index contributed by atoms with van der Waals surface area (Å²) in [5, 5.41) is 0. The highest BCUT2D eigenvalue weighted by Crippen LogP contribution is 2.00. The van der Waals surface area contributed by atoms with Crippen LogP contribution in [0.4, 0.5) is 0 Å². The summed E-state index contributed by atoms with van der Waals surface area (Å²) in [7, 11) is 0. The van der Waals surface area contributed by atoms with E-state index in [1.54, 1.807) is 12.1 Å². The highest BCUT2D eigenvalue weighted by Gasteiger charge is 1.86. The van der Waals surface area contributed by atoms with Crippen LogP contribution in [-0.4, -0.2) is 12.6 Å². The molecule has 92 valence electrons. The second-order valence-electron chi connectivity index (χ2n) is 4.06. The zero-order chi connectivity index (χ0) is 13.4. The lowest BCUT2D eigenvalue weighted by atomic mass is 10.2. The highest BCUT2D eigenvalue weighted by molar-refractivity contribution is 5.75. The third-order valence-corrected chi connectivity index (χ3v) is 2.36. The van der Waals surface area contributed by atoms with Crippen molar-refractivity contribution in [3.63, 3.8) is 0 Å². The summed E-state index contributed by atoms with van der Waals surface area (Å²) in [6, 6.07) is 15.0. The second-order valence-corrected chi connectivity index (χ2v) is 4.06. The average Bonchev–Trinajstić information content (AvgIpc) is 2.39. The Labute approximate surface area is 107 Å². The first-order chi connectivity index (χ1) is 8.65. The van der Waals surface area contributed by atoms with Crippen LogP contribution in [0.1, 0.15) is 31.8 Å². The first kappa shape index (κ1) is 13.8. The van der Waals surface area contributed by atoms with Gasteiger partial charge in [-0.15, -0.1) is 0 Å². The van der Waals surface area contributed by atoms with Gasteiger partial charge in [0, 0.05) is 11.1 Å². The van der Waals surface area contributed by atoms with Crippen LogP contribution in [0.15, 0.2) is 48.5 Å². The van der Waals surface area contributed by atoms with Crippen LogP contribution >= 0.6 is 0 Å². The Balaban J connectivity index is 0.000000180. The molecule has 0 N–H and O–H groups in total. The molecule has 0 atom stereocenters. The fraction of sp³-hybridized carbons (Fsp3) is 0.125. The van der Waals surface area contributed by atoms with E-state index in [4.69, 9.17) is 0 Å². The zero-order valence-corrected chi connectivity index (χ0v) is 10.6. The molecular formula is C16H16O2. The normalized spacial score (nSPS) is 9.00. The Hall–Kier alpha value is -2.22. The largest absolute Gasteiger partial charge is 0.298 e. The standard InChI is InChI=1S/2C8H8O/c2*1-7-3-2-4-8(5-7)6-9/h2*2-6H,1H3. The quantitative estimate of drug-likeness (QED) is 0.751. The first-order valence-electron chi connectivity index (χ1n) is 5.69. The van der Waals surface area contributed by atoms with Crippen molar-refractivity contribution in [3.05, 3.63) is 70.8 Å². The molecule has 0 saturated heterocycles. The van der Waals surface area contributed by atoms with Crippen molar-refractivity contribution in [2.75, 3.05) is 0 Å². The molecule has 0 unspecified atom stereocenters. The number of carbonyl (C=O) groups excluding carboxylic acids is 2. The molecule has 2 rings (SSSR count). The van der Waals surface area contributed by atoms with E-state index in [0.29, 0.717) is 0 Å². The fourth-order valence-electron chi connectivity index (χ4n) is 1.49. The molecule has 0 aliphatic carbocycles. The summed E-state index contributed by atoms with van der Waals surface area (Å²) in [6.07, 6.45) is 1.71. The predicted molar refractivity (Wildman–Crippen MR) is 73.1 cm³/mol. The van der Waals surface area contributed by atoms with Gasteiger partial charge in [-0.1, -0.05) is 47.5 Å². The first-order valence-corrected chi connectivity index (χ1v) is 5.69. The summed E-state index contributed by atoms with van der Waals surface area (Å²) >= 11 is 0. The van der Waals surface area contributed by atoms with Crippen LogP contribution in [0.5, 0.6) is 0 Å². The maximum Gasteiger partial charge on any atom is 0.150 e. The molecule has 0 aliphatic heterocycles. The van der Waals surface area contributed by atoms with Crippen molar-refractivity contribution in [2.24, 2.45) is 0 Å². The van der Waals surface area contributed by atoms with Crippen molar-refractivity contribution in [2.45, 2.75) is 13.8 Å². The van der Waals surface area contributed by atoms with Crippen LogP contribution in [0.2, 0.25) is 0 Å². The van der Waals surface area contributed by atoms with E-state index >= 15 is 0 Å². The van der Waals surface area contributed by atoms with Crippen molar-refractivity contribution < 1.29 is 9.59 Å². The molecule has 2 nitrogen and oxygen atoms in total. The van der Waals surface area contributed by atoms with Gasteiger partial charge in [-0.2, -0.15) is 0 Å². The minimum atomic E-state index is 0.745. The van der Waals surface area contributed by atoms with Crippen molar-refractivity contribution in [1.82, 2.24) is 0 Å².